The molecule has 0 aliphatic rings. The van der Waals surface area contributed by atoms with E-state index in [1.165, 1.54) is 44.0 Å². The molecule has 0 saturated carbocycles. The normalized spacial score (nSPS) is 8.06. The molecule has 0 atom stereocenters. The zero-order valence-electron chi connectivity index (χ0n) is 9.93. The fraction of sp³-hybridized carbons (Fsp3) is 0.333. The van der Waals surface area contributed by atoms with Gasteiger partial charge < -0.3 is 19.8 Å². The van der Waals surface area contributed by atoms with Crippen LogP contribution in [-0.2, 0) is 9.59 Å². The van der Waals surface area contributed by atoms with Gasteiger partial charge in [-0.3, -0.25) is 0 Å². The summed E-state index contributed by atoms with van der Waals surface area (Å²) < 4.78 is 2.22. The maximum absolute atomic E-state index is 9.14. The van der Waals surface area contributed by atoms with Gasteiger partial charge in [-0.1, -0.05) is 13.2 Å². The number of aliphatic carboxylic acids is 2. The molecule has 0 aliphatic carbocycles. The first-order valence-electron chi connectivity index (χ1n) is 4.92. The molecule has 0 aromatic heterocycles. The third kappa shape index (κ3) is 51.6. The molecule has 2 radical (unpaired) electrons. The van der Waals surface area contributed by atoms with Gasteiger partial charge in [0.25, 0.3) is 0 Å². The van der Waals surface area contributed by atoms with Crippen LogP contribution in [0.3, 0.4) is 0 Å². The number of hydrogen-bond acceptors (Lipinski definition) is 4. The van der Waals surface area contributed by atoms with Gasteiger partial charge in [0.15, 0.2) is 0 Å². The summed E-state index contributed by atoms with van der Waals surface area (Å²) >= 11 is 1.39. The average Bonchev–Trinajstić information content (AvgIpc) is 2.31. The van der Waals surface area contributed by atoms with Gasteiger partial charge in [0.2, 0.25) is 0 Å². The molecule has 4 nitrogen and oxygen atoms in total. The van der Waals surface area contributed by atoms with Crippen LogP contribution in [-0.4, -0.2) is 36.7 Å². The molecule has 0 heterocycles. The van der Waals surface area contributed by atoms with Crippen LogP contribution in [0.1, 0.15) is 26.2 Å². The third-order valence-electron chi connectivity index (χ3n) is 1.16. The Morgan fingerprint density at radius 2 is 1.53 bits per heavy atom. The predicted molar refractivity (Wildman–Crippen MR) is 64.8 cm³/mol. The van der Waals surface area contributed by atoms with Crippen molar-refractivity contribution in [2.75, 3.05) is 0 Å². The first-order chi connectivity index (χ1) is 7.95. The Balaban J connectivity index is -0.000000177. The molecule has 0 saturated heterocycles. The number of allylic oxidation sites excluding steroid dienone is 1. The van der Waals surface area contributed by atoms with Crippen molar-refractivity contribution < 1.29 is 19.8 Å². The Kier molecular flexibility index (Phi) is 25.7. The monoisotopic (exact) mass is 434 g/mol. The van der Waals surface area contributed by atoms with E-state index in [9.17, 15) is 0 Å². The zero-order valence-corrected chi connectivity index (χ0v) is 13.4. The second-order valence-corrected chi connectivity index (χ2v) is 3.73. The van der Waals surface area contributed by atoms with Crippen LogP contribution in [0.5, 0.6) is 0 Å². The van der Waals surface area contributed by atoms with Crippen molar-refractivity contribution in [1.82, 2.24) is 0 Å². The van der Waals surface area contributed by atoms with E-state index in [0.717, 1.165) is 12.2 Å². The topological polar surface area (TPSA) is 80.3 Å². The molecule has 0 rings (SSSR count). The third-order valence-corrected chi connectivity index (χ3v) is 1.98. The fourth-order valence-corrected chi connectivity index (χ4v) is 0.976. The van der Waals surface area contributed by atoms with Gasteiger partial charge in [0, 0.05) is 0 Å². The molecule has 0 aromatic rings. The molecule has 0 bridgehead atoms. The molecule has 0 spiro atoms. The van der Waals surface area contributed by atoms with E-state index in [2.05, 4.69) is 29.9 Å². The molecular weight excluding hydrogens is 417 g/mol. The number of rotatable bonds is 5. The van der Waals surface area contributed by atoms with Crippen LogP contribution in [0, 0.1) is 0 Å². The Bertz CT molecular complexity index is 229. The van der Waals surface area contributed by atoms with Gasteiger partial charge in [-0.25, -0.2) is 0 Å². The molecular formula is C12H17BiO4. The van der Waals surface area contributed by atoms with Crippen LogP contribution in [0.15, 0.2) is 35.2 Å². The second kappa shape index (κ2) is 20.5. The molecule has 0 fully saturated rings. The molecule has 17 heavy (non-hydrogen) atoms. The molecule has 0 aromatic carbocycles. The molecule has 0 unspecified atom stereocenters. The number of carboxylic acid groups (broad SMARTS) is 2. The van der Waals surface area contributed by atoms with E-state index in [4.69, 9.17) is 19.8 Å². The Morgan fingerprint density at radius 3 is 1.71 bits per heavy atom. The van der Waals surface area contributed by atoms with Gasteiger partial charge in [-0.15, -0.1) is 0 Å². The summed E-state index contributed by atoms with van der Waals surface area (Å²) in [5.41, 5.74) is 0. The quantitative estimate of drug-likeness (QED) is 0.338. The zero-order chi connectivity index (χ0) is 14.1. The minimum absolute atomic E-state index is 0.722. The van der Waals surface area contributed by atoms with Crippen molar-refractivity contribution in [2.24, 2.45) is 0 Å². The first-order valence-corrected chi connectivity index (χ1v) is 6.92. The van der Waals surface area contributed by atoms with Gasteiger partial charge in [-0.2, -0.15) is 0 Å². The summed E-state index contributed by atoms with van der Waals surface area (Å²) in [6, 6.07) is 0. The van der Waals surface area contributed by atoms with Gasteiger partial charge in [0.1, 0.15) is 0 Å². The molecule has 5 heteroatoms. The number of unbranched alkanes of at least 4 members (excludes halogenated alkanes) is 2. The summed E-state index contributed by atoms with van der Waals surface area (Å²) in [5, 5.41) is 18.3. The van der Waals surface area contributed by atoms with E-state index in [1.54, 1.807) is 0 Å². The van der Waals surface area contributed by atoms with Crippen LogP contribution in [0.4, 0.5) is 0 Å². The number of hydrogen-bond donors (Lipinski definition) is 0. The van der Waals surface area contributed by atoms with Gasteiger partial charge >= 0.3 is 60.8 Å². The van der Waals surface area contributed by atoms with Gasteiger partial charge in [0.05, 0.1) is 11.9 Å². The Morgan fingerprint density at radius 1 is 1.18 bits per heavy atom. The van der Waals surface area contributed by atoms with Crippen molar-refractivity contribution in [3.63, 3.8) is 0 Å². The van der Waals surface area contributed by atoms with Crippen molar-refractivity contribution >= 4 is 36.7 Å². The summed E-state index contributed by atoms with van der Waals surface area (Å²) in [6.45, 7) is 8.02. The first kappa shape index (κ1) is 21.3. The molecule has 0 amide bonds. The standard InChI is InChI=1S/C6H11.2C3H4O2.Bi/c1-3-5-6-4-2;2*1-2-3(4)5;/h1,3H,4-6H2,2H3;2*2H,1H2,(H,4,5);/q;;;+2/p-2. The number of carboxylic acids is 2. The summed E-state index contributed by atoms with van der Waals surface area (Å²) in [4.78, 5) is 18.3. The van der Waals surface area contributed by atoms with Crippen LogP contribution in [0.2, 0.25) is 0 Å². The SMILES string of the molecule is C=CC(=O)[O-].C=CC(=O)[O-].CCCCC=[CH][Bi+2]. The van der Waals surface area contributed by atoms with Crippen molar-refractivity contribution in [1.29, 1.82) is 0 Å². The summed E-state index contributed by atoms with van der Waals surface area (Å²) in [6.07, 6.45) is 7.67. The van der Waals surface area contributed by atoms with E-state index in [0.29, 0.717) is 0 Å². The summed E-state index contributed by atoms with van der Waals surface area (Å²) in [5.74, 6) is -2.46. The van der Waals surface area contributed by atoms with Crippen LogP contribution < -0.4 is 10.2 Å². The molecule has 0 aliphatic heterocycles. The maximum atomic E-state index is 9.14. The Labute approximate surface area is 118 Å². The van der Waals surface area contributed by atoms with Crippen molar-refractivity contribution in [3.8, 4) is 0 Å². The van der Waals surface area contributed by atoms with E-state index < -0.39 is 11.9 Å². The van der Waals surface area contributed by atoms with E-state index >= 15 is 0 Å². The van der Waals surface area contributed by atoms with E-state index in [-0.39, 0.29) is 0 Å². The van der Waals surface area contributed by atoms with Crippen molar-refractivity contribution in [2.45, 2.75) is 26.2 Å². The number of carbonyl (C=O) groups is 2. The summed E-state index contributed by atoms with van der Waals surface area (Å²) in [7, 11) is 0. The van der Waals surface area contributed by atoms with Crippen LogP contribution >= 0.6 is 0 Å². The predicted octanol–water partition coefficient (Wildman–Crippen LogP) is -0.297. The van der Waals surface area contributed by atoms with E-state index in [1.807, 2.05) is 0 Å². The Hall–Kier alpha value is -0.957. The van der Waals surface area contributed by atoms with Crippen LogP contribution in [0.25, 0.3) is 0 Å². The average molecular weight is 434 g/mol. The molecule has 94 valence electrons. The fourth-order valence-electron chi connectivity index (χ4n) is 0.397. The van der Waals surface area contributed by atoms with Crippen molar-refractivity contribution in [3.05, 3.63) is 35.2 Å². The number of carbonyl (C=O) groups excluding carboxylic acids is 2. The molecule has 0 N–H and O–H groups in total. The minimum atomic E-state index is -1.23. The van der Waals surface area contributed by atoms with Gasteiger partial charge in [-0.05, 0) is 12.2 Å². The second-order valence-electron chi connectivity index (χ2n) is 2.57.